The molecule has 1 amide bonds. The maximum Gasteiger partial charge on any atom is 0.336 e. The van der Waals surface area contributed by atoms with E-state index in [1.165, 1.54) is 24.3 Å². The first-order chi connectivity index (χ1) is 12.4. The van der Waals surface area contributed by atoms with Crippen LogP contribution in [0.3, 0.4) is 0 Å². The number of hydrogen-bond donors (Lipinski definition) is 1. The Morgan fingerprint density at radius 1 is 1.19 bits per heavy atom. The van der Waals surface area contributed by atoms with Crippen LogP contribution in [0, 0.1) is 17.0 Å². The fourth-order valence-electron chi connectivity index (χ4n) is 2.36. The highest BCUT2D eigenvalue weighted by atomic mass is 16.6. The molecule has 3 rings (SSSR count). The first-order valence-electron chi connectivity index (χ1n) is 7.64. The molecule has 8 heteroatoms. The number of nitrogens with zero attached hydrogens (tertiary/aromatic N) is 1. The summed E-state index contributed by atoms with van der Waals surface area (Å²) in [6, 6.07) is 12.3. The van der Waals surface area contributed by atoms with Crippen LogP contribution in [0.1, 0.15) is 5.56 Å². The smallest absolute Gasteiger partial charge is 0.336 e. The number of amides is 1. The topological polar surface area (TPSA) is 112 Å². The van der Waals surface area contributed by atoms with E-state index in [0.29, 0.717) is 16.9 Å². The molecule has 1 heterocycles. The zero-order valence-corrected chi connectivity index (χ0v) is 13.7. The molecule has 0 bridgehead atoms. The summed E-state index contributed by atoms with van der Waals surface area (Å²) < 4.78 is 10.4. The number of fused-ring (bicyclic) bond motifs is 1. The van der Waals surface area contributed by atoms with Gasteiger partial charge in [-0.3, -0.25) is 14.9 Å². The molecule has 132 valence electrons. The van der Waals surface area contributed by atoms with Crippen molar-refractivity contribution in [3.63, 3.8) is 0 Å². The second kappa shape index (κ2) is 7.06. The predicted octanol–water partition coefficient (Wildman–Crippen LogP) is 3.03. The van der Waals surface area contributed by atoms with E-state index < -0.39 is 16.5 Å². The van der Waals surface area contributed by atoms with E-state index in [4.69, 9.17) is 9.15 Å². The zero-order valence-electron chi connectivity index (χ0n) is 13.7. The molecule has 2 aromatic carbocycles. The fraction of sp³-hybridized carbons (Fsp3) is 0.111. The first kappa shape index (κ1) is 17.2. The molecule has 0 saturated heterocycles. The molecular formula is C18H14N2O6. The van der Waals surface area contributed by atoms with Crippen molar-refractivity contribution in [3.05, 3.63) is 74.6 Å². The second-order valence-corrected chi connectivity index (χ2v) is 5.57. The average Bonchev–Trinajstić information content (AvgIpc) is 2.61. The standard InChI is InChI=1S/C18H14N2O6/c1-11-2-6-14(15(8-11)20(23)24)19-17(21)10-25-13-5-3-12-4-7-18(22)26-16(12)9-13/h2-9H,10H2,1H3,(H,19,21). The molecule has 0 fully saturated rings. The number of hydrogen-bond acceptors (Lipinski definition) is 6. The molecule has 8 nitrogen and oxygen atoms in total. The largest absolute Gasteiger partial charge is 0.484 e. The summed E-state index contributed by atoms with van der Waals surface area (Å²) in [7, 11) is 0. The lowest BCUT2D eigenvalue weighted by Gasteiger charge is -2.09. The maximum absolute atomic E-state index is 12.0. The minimum atomic E-state index is -0.561. The number of aryl methyl sites for hydroxylation is 1. The molecule has 0 aliphatic carbocycles. The van der Waals surface area contributed by atoms with Gasteiger partial charge in [0.1, 0.15) is 17.0 Å². The SMILES string of the molecule is Cc1ccc(NC(=O)COc2ccc3ccc(=O)oc3c2)c([N+](=O)[O-])c1. The van der Waals surface area contributed by atoms with Crippen LogP contribution < -0.4 is 15.7 Å². The van der Waals surface area contributed by atoms with Gasteiger partial charge in [-0.1, -0.05) is 6.07 Å². The van der Waals surface area contributed by atoms with E-state index in [9.17, 15) is 19.7 Å². The molecule has 0 unspecified atom stereocenters. The molecule has 1 aromatic heterocycles. The van der Waals surface area contributed by atoms with Gasteiger partial charge in [0.15, 0.2) is 6.61 Å². The van der Waals surface area contributed by atoms with Gasteiger partial charge in [0, 0.05) is 23.6 Å². The summed E-state index contributed by atoms with van der Waals surface area (Å²) >= 11 is 0. The highest BCUT2D eigenvalue weighted by molar-refractivity contribution is 5.94. The third-order valence-corrected chi connectivity index (χ3v) is 3.59. The van der Waals surface area contributed by atoms with Crippen molar-refractivity contribution >= 4 is 28.3 Å². The lowest BCUT2D eigenvalue weighted by molar-refractivity contribution is -0.384. The van der Waals surface area contributed by atoms with Crippen LogP contribution in [0.5, 0.6) is 5.75 Å². The Kier molecular flexibility index (Phi) is 4.66. The molecule has 1 N–H and O–H groups in total. The van der Waals surface area contributed by atoms with Crippen molar-refractivity contribution < 1.29 is 18.9 Å². The van der Waals surface area contributed by atoms with E-state index in [0.717, 1.165) is 5.39 Å². The normalized spacial score (nSPS) is 10.5. The number of ether oxygens (including phenoxy) is 1. The number of anilines is 1. The summed E-state index contributed by atoms with van der Waals surface area (Å²) in [5.74, 6) is -0.216. The third-order valence-electron chi connectivity index (χ3n) is 3.59. The minimum Gasteiger partial charge on any atom is -0.484 e. The van der Waals surface area contributed by atoms with Gasteiger partial charge in [-0.25, -0.2) is 4.79 Å². The molecule has 0 aliphatic heterocycles. The van der Waals surface area contributed by atoms with Crippen LogP contribution >= 0.6 is 0 Å². The van der Waals surface area contributed by atoms with Crippen molar-refractivity contribution in [1.29, 1.82) is 0 Å². The van der Waals surface area contributed by atoms with Gasteiger partial charge in [0.05, 0.1) is 4.92 Å². The van der Waals surface area contributed by atoms with Gasteiger partial charge in [0.25, 0.3) is 11.6 Å². The summed E-state index contributed by atoms with van der Waals surface area (Å²) in [6.07, 6.45) is 0. The van der Waals surface area contributed by atoms with E-state index in [-0.39, 0.29) is 18.0 Å². The van der Waals surface area contributed by atoms with Crippen LogP contribution in [0.4, 0.5) is 11.4 Å². The van der Waals surface area contributed by atoms with Crippen molar-refractivity contribution in [2.45, 2.75) is 6.92 Å². The van der Waals surface area contributed by atoms with Gasteiger partial charge < -0.3 is 14.5 Å². The number of nitro benzene ring substituents is 1. The molecular weight excluding hydrogens is 340 g/mol. The van der Waals surface area contributed by atoms with Gasteiger partial charge >= 0.3 is 5.63 Å². The second-order valence-electron chi connectivity index (χ2n) is 5.57. The van der Waals surface area contributed by atoms with E-state index in [1.54, 1.807) is 31.2 Å². The monoisotopic (exact) mass is 354 g/mol. The highest BCUT2D eigenvalue weighted by Crippen LogP contribution is 2.25. The van der Waals surface area contributed by atoms with Crippen LogP contribution in [-0.2, 0) is 4.79 Å². The summed E-state index contributed by atoms with van der Waals surface area (Å²) in [5.41, 5.74) is 0.469. The van der Waals surface area contributed by atoms with Gasteiger partial charge in [0.2, 0.25) is 0 Å². The van der Waals surface area contributed by atoms with Crippen molar-refractivity contribution in [2.24, 2.45) is 0 Å². The highest BCUT2D eigenvalue weighted by Gasteiger charge is 2.16. The molecule has 0 radical (unpaired) electrons. The molecule has 0 saturated carbocycles. The lowest BCUT2D eigenvalue weighted by Crippen LogP contribution is -2.20. The third kappa shape index (κ3) is 3.86. The molecule has 3 aromatic rings. The Hall–Kier alpha value is -3.68. The number of benzene rings is 2. The fourth-order valence-corrected chi connectivity index (χ4v) is 2.36. The zero-order chi connectivity index (χ0) is 18.7. The summed E-state index contributed by atoms with van der Waals surface area (Å²) in [6.45, 7) is 1.37. The van der Waals surface area contributed by atoms with Gasteiger partial charge in [-0.15, -0.1) is 0 Å². The van der Waals surface area contributed by atoms with Crippen LogP contribution in [0.15, 0.2) is 57.7 Å². The Bertz CT molecular complexity index is 1060. The lowest BCUT2D eigenvalue weighted by atomic mass is 10.2. The number of nitrogens with one attached hydrogen (secondary N) is 1. The molecule has 0 spiro atoms. The van der Waals surface area contributed by atoms with Crippen LogP contribution in [-0.4, -0.2) is 17.4 Å². The summed E-state index contributed by atoms with van der Waals surface area (Å²) in [4.78, 5) is 33.8. The van der Waals surface area contributed by atoms with E-state index in [2.05, 4.69) is 5.32 Å². The van der Waals surface area contributed by atoms with E-state index in [1.807, 2.05) is 0 Å². The predicted molar refractivity (Wildman–Crippen MR) is 94.4 cm³/mol. The number of rotatable bonds is 5. The number of nitro groups is 1. The molecule has 0 atom stereocenters. The molecule has 26 heavy (non-hydrogen) atoms. The van der Waals surface area contributed by atoms with Crippen LogP contribution in [0.2, 0.25) is 0 Å². The Morgan fingerprint density at radius 2 is 1.96 bits per heavy atom. The number of carbonyl (C=O) groups is 1. The van der Waals surface area contributed by atoms with Gasteiger partial charge in [-0.2, -0.15) is 0 Å². The number of carbonyl (C=O) groups excluding carboxylic acids is 1. The quantitative estimate of drug-likeness (QED) is 0.428. The van der Waals surface area contributed by atoms with Crippen molar-refractivity contribution in [1.82, 2.24) is 0 Å². The average molecular weight is 354 g/mol. The van der Waals surface area contributed by atoms with Crippen LogP contribution in [0.25, 0.3) is 11.0 Å². The van der Waals surface area contributed by atoms with E-state index >= 15 is 0 Å². The Morgan fingerprint density at radius 3 is 2.73 bits per heavy atom. The summed E-state index contributed by atoms with van der Waals surface area (Å²) in [5, 5.41) is 14.2. The Labute approximate surface area is 147 Å². The van der Waals surface area contributed by atoms with Crippen molar-refractivity contribution in [3.8, 4) is 5.75 Å². The minimum absolute atomic E-state index is 0.0960. The Balaban J connectivity index is 1.70. The van der Waals surface area contributed by atoms with Crippen molar-refractivity contribution in [2.75, 3.05) is 11.9 Å². The maximum atomic E-state index is 12.0. The molecule has 0 aliphatic rings. The van der Waals surface area contributed by atoms with Gasteiger partial charge in [-0.05, 0) is 36.8 Å². The first-order valence-corrected chi connectivity index (χ1v) is 7.64.